The summed E-state index contributed by atoms with van der Waals surface area (Å²) < 4.78 is 1.68. The normalized spacial score (nSPS) is 12.1. The molecule has 3 aromatic rings. The van der Waals surface area contributed by atoms with E-state index < -0.39 is 10.8 Å². The second-order valence-electron chi connectivity index (χ2n) is 8.11. The number of nitrogens with two attached hydrogens (primary N) is 1. The molecule has 31 heavy (non-hydrogen) atoms. The Morgan fingerprint density at radius 1 is 1.16 bits per heavy atom. The minimum absolute atomic E-state index is 0.0205. The number of hydrogen-bond donors (Lipinski definition) is 1. The van der Waals surface area contributed by atoms with Crippen LogP contribution in [0.1, 0.15) is 42.8 Å². The lowest BCUT2D eigenvalue weighted by Gasteiger charge is -2.25. The lowest BCUT2D eigenvalue weighted by atomic mass is 9.90. The number of carbonyl (C=O) groups excluding carboxylic acids is 1. The molecule has 1 unspecified atom stereocenters. The van der Waals surface area contributed by atoms with Gasteiger partial charge in [0.05, 0.1) is 11.9 Å². The lowest BCUT2D eigenvalue weighted by molar-refractivity contribution is -0.127. The number of imidazole rings is 1. The molecule has 8 heteroatoms. The summed E-state index contributed by atoms with van der Waals surface area (Å²) in [6.07, 6.45) is 4.84. The number of aryl methyl sites for hydroxylation is 1. The Morgan fingerprint density at radius 3 is 2.32 bits per heavy atom. The van der Waals surface area contributed by atoms with E-state index in [1.54, 1.807) is 23.3 Å². The largest absolute Gasteiger partial charge is 0.383 e. The summed E-state index contributed by atoms with van der Waals surface area (Å²) in [5, 5.41) is 19.3. The molecule has 0 radical (unpaired) electrons. The van der Waals surface area contributed by atoms with Crippen LogP contribution in [-0.4, -0.2) is 20.3 Å². The molecule has 7 nitrogen and oxygen atoms in total. The Hall–Kier alpha value is -3.62. The van der Waals surface area contributed by atoms with Crippen molar-refractivity contribution in [2.75, 3.05) is 5.73 Å². The average Bonchev–Trinajstić information content (AvgIpc) is 3.25. The second kappa shape index (κ2) is 8.63. The van der Waals surface area contributed by atoms with E-state index in [9.17, 15) is 15.3 Å². The number of nitrogen functional groups attached to an aromatic ring is 1. The highest BCUT2D eigenvalue weighted by atomic mass is 32.2. The molecule has 156 valence electrons. The van der Waals surface area contributed by atoms with E-state index in [1.165, 1.54) is 0 Å². The number of benzene rings is 1. The standard InChI is InChI=1S/C23H22N6OS/c1-14-5-7-15(8-6-14)18-16(11-24)20(26)28-21(17(18)12-25)31-22(19(30)23(2,3)4)29-10-9-27-13-29/h5-10,13,22H,1-4H3,(H2,26,28). The fourth-order valence-corrected chi connectivity index (χ4v) is 4.36. The van der Waals surface area contributed by atoms with Gasteiger partial charge in [0.2, 0.25) is 0 Å². The van der Waals surface area contributed by atoms with Crippen LogP contribution in [-0.2, 0) is 4.79 Å². The maximum Gasteiger partial charge on any atom is 0.171 e. The zero-order valence-electron chi connectivity index (χ0n) is 17.7. The van der Waals surface area contributed by atoms with Crippen LogP contribution in [0.5, 0.6) is 0 Å². The minimum atomic E-state index is -0.694. The van der Waals surface area contributed by atoms with E-state index in [0.29, 0.717) is 16.2 Å². The van der Waals surface area contributed by atoms with Crippen LogP contribution in [0.15, 0.2) is 48.0 Å². The van der Waals surface area contributed by atoms with E-state index >= 15 is 0 Å². The Kier molecular flexibility index (Phi) is 6.14. The predicted octanol–water partition coefficient (Wildman–Crippen LogP) is 4.49. The van der Waals surface area contributed by atoms with Gasteiger partial charge in [0, 0.05) is 23.4 Å². The van der Waals surface area contributed by atoms with Crippen molar-refractivity contribution < 1.29 is 4.79 Å². The van der Waals surface area contributed by atoms with Crippen LogP contribution in [0.25, 0.3) is 11.1 Å². The molecule has 0 aliphatic carbocycles. The van der Waals surface area contributed by atoms with Gasteiger partial charge >= 0.3 is 0 Å². The average molecular weight is 431 g/mol. The van der Waals surface area contributed by atoms with E-state index in [2.05, 4.69) is 22.1 Å². The summed E-state index contributed by atoms with van der Waals surface area (Å²) in [6.45, 7) is 7.46. The molecule has 0 bridgehead atoms. The Morgan fingerprint density at radius 2 is 1.81 bits per heavy atom. The first-order valence-corrected chi connectivity index (χ1v) is 10.4. The Bertz CT molecular complexity index is 1200. The van der Waals surface area contributed by atoms with Gasteiger partial charge in [-0.15, -0.1) is 0 Å². The van der Waals surface area contributed by atoms with Gasteiger partial charge in [-0.25, -0.2) is 9.97 Å². The first kappa shape index (κ1) is 22.1. The van der Waals surface area contributed by atoms with Crippen molar-refractivity contribution in [3.63, 3.8) is 0 Å². The van der Waals surface area contributed by atoms with Crippen molar-refractivity contribution in [1.29, 1.82) is 10.5 Å². The number of hydrogen-bond acceptors (Lipinski definition) is 7. The number of pyridine rings is 1. The van der Waals surface area contributed by atoms with Gasteiger partial charge in [-0.1, -0.05) is 62.4 Å². The maximum absolute atomic E-state index is 13.2. The van der Waals surface area contributed by atoms with Crippen molar-refractivity contribution in [1.82, 2.24) is 14.5 Å². The van der Waals surface area contributed by atoms with E-state index in [-0.39, 0.29) is 22.7 Å². The number of carbonyl (C=O) groups is 1. The van der Waals surface area contributed by atoms with Crippen molar-refractivity contribution >= 4 is 23.4 Å². The molecule has 0 amide bonds. The first-order valence-electron chi connectivity index (χ1n) is 9.56. The summed E-state index contributed by atoms with van der Waals surface area (Å²) >= 11 is 1.13. The SMILES string of the molecule is Cc1ccc(-c2c(C#N)c(N)nc(SC(C(=O)C(C)(C)C)n3ccnc3)c2C#N)cc1. The van der Waals surface area contributed by atoms with Gasteiger partial charge < -0.3 is 10.3 Å². The molecule has 0 spiro atoms. The summed E-state index contributed by atoms with van der Waals surface area (Å²) in [7, 11) is 0. The molecule has 2 N–H and O–H groups in total. The van der Waals surface area contributed by atoms with E-state index in [0.717, 1.165) is 17.3 Å². The molecule has 0 aliphatic heterocycles. The molecule has 2 heterocycles. The third kappa shape index (κ3) is 4.45. The number of nitrogens with zero attached hydrogens (tertiary/aromatic N) is 5. The molecule has 1 atom stereocenters. The minimum Gasteiger partial charge on any atom is -0.383 e. The van der Waals surface area contributed by atoms with Crippen LogP contribution < -0.4 is 5.73 Å². The van der Waals surface area contributed by atoms with Gasteiger partial charge in [-0.05, 0) is 12.5 Å². The number of rotatable bonds is 5. The summed E-state index contributed by atoms with van der Waals surface area (Å²) in [4.78, 5) is 21.6. The first-order chi connectivity index (χ1) is 14.7. The fraction of sp³-hybridized carbons (Fsp3) is 0.261. The molecule has 2 aromatic heterocycles. The second-order valence-corrected chi connectivity index (χ2v) is 9.18. The zero-order chi connectivity index (χ0) is 22.8. The number of aromatic nitrogens is 3. The van der Waals surface area contributed by atoms with Gasteiger partial charge in [0.1, 0.15) is 33.9 Å². The van der Waals surface area contributed by atoms with E-state index in [1.807, 2.05) is 52.0 Å². The topological polar surface area (TPSA) is 121 Å². The zero-order valence-corrected chi connectivity index (χ0v) is 18.6. The predicted molar refractivity (Wildman–Crippen MR) is 120 cm³/mol. The smallest absolute Gasteiger partial charge is 0.171 e. The van der Waals surface area contributed by atoms with Gasteiger partial charge in [-0.2, -0.15) is 10.5 Å². The summed E-state index contributed by atoms with van der Waals surface area (Å²) in [5.74, 6) is -0.0341. The van der Waals surface area contributed by atoms with Crippen LogP contribution in [0.3, 0.4) is 0 Å². The molecule has 1 aromatic carbocycles. The maximum atomic E-state index is 13.2. The molecule has 3 rings (SSSR count). The van der Waals surface area contributed by atoms with Gasteiger partial charge in [-0.3, -0.25) is 4.79 Å². The monoisotopic (exact) mass is 430 g/mol. The van der Waals surface area contributed by atoms with Crippen molar-refractivity contribution in [2.24, 2.45) is 5.41 Å². The third-order valence-electron chi connectivity index (χ3n) is 4.74. The molecular formula is C23H22N6OS. The van der Waals surface area contributed by atoms with Crippen LogP contribution in [0.4, 0.5) is 5.82 Å². The number of Topliss-reactive ketones (excluding diaryl/α,β-unsaturated/α-hetero) is 1. The highest BCUT2D eigenvalue weighted by molar-refractivity contribution is 8.00. The highest BCUT2D eigenvalue weighted by Gasteiger charge is 2.33. The number of thioether (sulfide) groups is 1. The number of nitriles is 2. The van der Waals surface area contributed by atoms with Crippen molar-refractivity contribution in [3.8, 4) is 23.3 Å². The van der Waals surface area contributed by atoms with Crippen LogP contribution >= 0.6 is 11.8 Å². The Labute approximate surface area is 185 Å². The molecule has 0 saturated heterocycles. The summed E-state index contributed by atoms with van der Waals surface area (Å²) in [6, 6.07) is 11.7. The third-order valence-corrected chi connectivity index (χ3v) is 5.94. The van der Waals surface area contributed by atoms with E-state index in [4.69, 9.17) is 5.73 Å². The number of anilines is 1. The van der Waals surface area contributed by atoms with Gasteiger partial charge in [0.25, 0.3) is 0 Å². The summed E-state index contributed by atoms with van der Waals surface area (Å²) in [5.41, 5.74) is 8.01. The van der Waals surface area contributed by atoms with Crippen molar-refractivity contribution in [2.45, 2.75) is 38.1 Å². The number of ketones is 1. The van der Waals surface area contributed by atoms with Gasteiger partial charge in [0.15, 0.2) is 5.78 Å². The molecule has 0 aliphatic rings. The quantitative estimate of drug-likeness (QED) is 0.592. The Balaban J connectivity index is 2.21. The molecule has 0 fully saturated rings. The van der Waals surface area contributed by atoms with Crippen molar-refractivity contribution in [3.05, 3.63) is 59.7 Å². The highest BCUT2D eigenvalue weighted by Crippen LogP contribution is 2.41. The molecule has 0 saturated carbocycles. The van der Waals surface area contributed by atoms with Crippen LogP contribution in [0.2, 0.25) is 0 Å². The fourth-order valence-electron chi connectivity index (χ4n) is 3.03. The van der Waals surface area contributed by atoms with Crippen LogP contribution in [0, 0.1) is 35.0 Å². The lowest BCUT2D eigenvalue weighted by Crippen LogP contribution is -2.28. The molecular weight excluding hydrogens is 408 g/mol.